The molecule has 1 fully saturated rings. The Morgan fingerprint density at radius 2 is 1.42 bits per heavy atom. The zero-order valence-corrected chi connectivity index (χ0v) is 9.70. The Bertz CT molecular complexity index is 424. The van der Waals surface area contributed by atoms with Gasteiger partial charge in [-0.15, -0.1) is 0 Å². The molecule has 0 saturated carbocycles. The number of hydrogen-bond donors (Lipinski definition) is 1. The monoisotopic (exact) mass is 283 g/mol. The Morgan fingerprint density at radius 3 is 1.79 bits per heavy atom. The van der Waals surface area contributed by atoms with E-state index >= 15 is 0 Å². The molecule has 0 amide bonds. The molecule has 1 unspecified atom stereocenters. The quantitative estimate of drug-likeness (QED) is 0.763. The van der Waals surface area contributed by atoms with Gasteiger partial charge in [-0.05, 0) is 43.1 Å². The topological polar surface area (TPSA) is 12.0 Å². The van der Waals surface area contributed by atoms with Gasteiger partial charge in [0.1, 0.15) is 0 Å². The van der Waals surface area contributed by atoms with E-state index in [2.05, 4.69) is 5.32 Å². The van der Waals surface area contributed by atoms with Crippen LogP contribution in [0.4, 0.5) is 26.3 Å². The van der Waals surface area contributed by atoms with Crippen molar-refractivity contribution in [3.8, 4) is 0 Å². The minimum atomic E-state index is -4.78. The Labute approximate surface area is 105 Å². The van der Waals surface area contributed by atoms with Crippen molar-refractivity contribution in [3.63, 3.8) is 0 Å². The first kappa shape index (κ1) is 14.2. The first-order valence-electron chi connectivity index (χ1n) is 5.71. The van der Waals surface area contributed by atoms with E-state index < -0.39 is 29.5 Å². The molecule has 0 aliphatic carbocycles. The molecule has 1 heterocycles. The molecule has 19 heavy (non-hydrogen) atoms. The fraction of sp³-hybridized carbons (Fsp3) is 0.500. The Kier molecular flexibility index (Phi) is 3.51. The number of alkyl halides is 6. The second-order valence-corrected chi connectivity index (χ2v) is 4.49. The van der Waals surface area contributed by atoms with Crippen LogP contribution in [-0.2, 0) is 12.4 Å². The van der Waals surface area contributed by atoms with Crippen molar-refractivity contribution in [1.29, 1.82) is 0 Å². The lowest BCUT2D eigenvalue weighted by Crippen LogP contribution is -2.17. The molecule has 1 aromatic rings. The van der Waals surface area contributed by atoms with E-state index in [0.717, 1.165) is 18.6 Å². The molecule has 1 atom stereocenters. The van der Waals surface area contributed by atoms with Crippen molar-refractivity contribution in [3.05, 3.63) is 34.9 Å². The number of halogens is 6. The first-order valence-corrected chi connectivity index (χ1v) is 5.71. The van der Waals surface area contributed by atoms with Crippen LogP contribution in [0.1, 0.15) is 35.6 Å². The molecule has 1 aliphatic rings. The highest BCUT2D eigenvalue weighted by Gasteiger charge is 2.37. The first-order chi connectivity index (χ1) is 8.68. The fourth-order valence-electron chi connectivity index (χ4n) is 2.15. The minimum absolute atomic E-state index is 0.0413. The van der Waals surface area contributed by atoms with E-state index in [1.54, 1.807) is 0 Å². The highest BCUT2D eigenvalue weighted by molar-refractivity contribution is 5.35. The summed E-state index contributed by atoms with van der Waals surface area (Å²) < 4.78 is 75.8. The molecule has 0 spiro atoms. The van der Waals surface area contributed by atoms with E-state index in [4.69, 9.17) is 0 Å². The van der Waals surface area contributed by atoms with Gasteiger partial charge in [0.25, 0.3) is 0 Å². The standard InChI is InChI=1S/C12H11F6N/c13-11(14,15)8-4-7(10-2-1-3-19-10)5-9(6-8)12(16,17)18/h4-6,10,19H,1-3H2. The van der Waals surface area contributed by atoms with Gasteiger partial charge in [0.15, 0.2) is 0 Å². The van der Waals surface area contributed by atoms with Gasteiger partial charge in [0, 0.05) is 6.04 Å². The molecule has 0 radical (unpaired) electrons. The van der Waals surface area contributed by atoms with Crippen LogP contribution in [-0.4, -0.2) is 6.54 Å². The van der Waals surface area contributed by atoms with Gasteiger partial charge in [-0.2, -0.15) is 26.3 Å². The molecule has 106 valence electrons. The average Bonchev–Trinajstić information content (AvgIpc) is 2.79. The van der Waals surface area contributed by atoms with Gasteiger partial charge in [0.2, 0.25) is 0 Å². The van der Waals surface area contributed by atoms with Gasteiger partial charge in [-0.3, -0.25) is 0 Å². The Morgan fingerprint density at radius 1 is 0.895 bits per heavy atom. The fourth-order valence-corrected chi connectivity index (χ4v) is 2.15. The molecular weight excluding hydrogens is 272 g/mol. The van der Waals surface area contributed by atoms with Crippen molar-refractivity contribution in [2.45, 2.75) is 31.2 Å². The van der Waals surface area contributed by atoms with Crippen LogP contribution < -0.4 is 5.32 Å². The maximum atomic E-state index is 12.6. The summed E-state index contributed by atoms with van der Waals surface area (Å²) in [6.07, 6.45) is -8.29. The highest BCUT2D eigenvalue weighted by atomic mass is 19.4. The van der Waals surface area contributed by atoms with Crippen molar-refractivity contribution in [1.82, 2.24) is 5.32 Å². The van der Waals surface area contributed by atoms with Gasteiger partial charge in [-0.1, -0.05) is 0 Å². The number of nitrogens with one attached hydrogen (secondary N) is 1. The number of benzene rings is 1. The summed E-state index contributed by atoms with van der Waals surface area (Å²) in [4.78, 5) is 0. The lowest BCUT2D eigenvalue weighted by molar-refractivity contribution is -0.143. The van der Waals surface area contributed by atoms with Crippen molar-refractivity contribution < 1.29 is 26.3 Å². The predicted molar refractivity (Wildman–Crippen MR) is 56.4 cm³/mol. The van der Waals surface area contributed by atoms with Gasteiger partial charge in [-0.25, -0.2) is 0 Å². The third-order valence-electron chi connectivity index (χ3n) is 3.07. The molecule has 7 heteroatoms. The van der Waals surface area contributed by atoms with E-state index in [1.165, 1.54) is 0 Å². The van der Waals surface area contributed by atoms with Crippen molar-refractivity contribution in [2.24, 2.45) is 0 Å². The maximum absolute atomic E-state index is 12.6. The second kappa shape index (κ2) is 4.70. The van der Waals surface area contributed by atoms with Gasteiger partial charge >= 0.3 is 12.4 Å². The zero-order chi connectivity index (χ0) is 14.3. The Balaban J connectivity index is 2.48. The van der Waals surface area contributed by atoms with Crippen molar-refractivity contribution in [2.75, 3.05) is 6.54 Å². The van der Waals surface area contributed by atoms with Crippen LogP contribution in [0.5, 0.6) is 0 Å². The van der Waals surface area contributed by atoms with E-state index in [9.17, 15) is 26.3 Å². The molecule has 1 aromatic carbocycles. The summed E-state index contributed by atoms with van der Waals surface area (Å²) in [5, 5.41) is 2.90. The van der Waals surface area contributed by atoms with Gasteiger partial charge < -0.3 is 5.32 Å². The summed E-state index contributed by atoms with van der Waals surface area (Å²) in [7, 11) is 0. The van der Waals surface area contributed by atoms with Crippen molar-refractivity contribution >= 4 is 0 Å². The van der Waals surface area contributed by atoms with Crippen LogP contribution in [0.2, 0.25) is 0 Å². The summed E-state index contributed by atoms with van der Waals surface area (Å²) in [5.74, 6) is 0. The van der Waals surface area contributed by atoms with Gasteiger partial charge in [0.05, 0.1) is 11.1 Å². The smallest absolute Gasteiger partial charge is 0.310 e. The van der Waals surface area contributed by atoms with E-state index in [-0.39, 0.29) is 11.6 Å². The summed E-state index contributed by atoms with van der Waals surface area (Å²) in [5.41, 5.74) is -2.48. The van der Waals surface area contributed by atoms with Crippen LogP contribution in [0.3, 0.4) is 0 Å². The predicted octanol–water partition coefficient (Wildman–Crippen LogP) is 4.15. The molecular formula is C12H11F6N. The van der Waals surface area contributed by atoms with E-state index in [0.29, 0.717) is 13.0 Å². The molecule has 0 aromatic heterocycles. The molecule has 1 nitrogen and oxygen atoms in total. The summed E-state index contributed by atoms with van der Waals surface area (Å²) in [6.45, 7) is 0.599. The SMILES string of the molecule is FC(F)(F)c1cc(C2CCCN2)cc(C(F)(F)F)c1. The number of rotatable bonds is 1. The molecule has 2 rings (SSSR count). The Hall–Kier alpha value is -1.24. The molecule has 1 aliphatic heterocycles. The largest absolute Gasteiger partial charge is 0.416 e. The summed E-state index contributed by atoms with van der Waals surface area (Å²) in [6, 6.07) is 1.29. The van der Waals surface area contributed by atoms with E-state index in [1.807, 2.05) is 0 Å². The molecule has 1 N–H and O–H groups in total. The average molecular weight is 283 g/mol. The van der Waals surface area contributed by atoms with Crippen LogP contribution in [0.25, 0.3) is 0 Å². The third-order valence-corrected chi connectivity index (χ3v) is 3.07. The second-order valence-electron chi connectivity index (χ2n) is 4.49. The lowest BCUT2D eigenvalue weighted by atomic mass is 9.98. The number of hydrogen-bond acceptors (Lipinski definition) is 1. The molecule has 0 bridgehead atoms. The van der Waals surface area contributed by atoms with Crippen LogP contribution in [0.15, 0.2) is 18.2 Å². The highest BCUT2D eigenvalue weighted by Crippen LogP contribution is 2.38. The lowest BCUT2D eigenvalue weighted by Gasteiger charge is -2.17. The van der Waals surface area contributed by atoms with Crippen LogP contribution >= 0.6 is 0 Å². The third kappa shape index (κ3) is 3.20. The summed E-state index contributed by atoms with van der Waals surface area (Å²) >= 11 is 0. The maximum Gasteiger partial charge on any atom is 0.416 e. The zero-order valence-electron chi connectivity index (χ0n) is 9.70. The minimum Gasteiger partial charge on any atom is -0.310 e. The molecule has 1 saturated heterocycles. The van der Waals surface area contributed by atoms with Crippen LogP contribution in [0, 0.1) is 0 Å². The normalized spacial score (nSPS) is 20.8.